The summed E-state index contributed by atoms with van der Waals surface area (Å²) >= 11 is 6.27. The fourth-order valence-corrected chi connectivity index (χ4v) is 5.29. The highest BCUT2D eigenvalue weighted by atomic mass is 35.5. The van der Waals surface area contributed by atoms with Crippen LogP contribution < -0.4 is 16.0 Å². The molecular weight excluding hydrogens is 483 g/mol. The predicted octanol–water partition coefficient (Wildman–Crippen LogP) is 2.85. The largest absolute Gasteiger partial charge is 0.385 e. The number of nitrogens with two attached hydrogens (primary N) is 1. The summed E-state index contributed by atoms with van der Waals surface area (Å²) in [6.07, 6.45) is 6.67. The van der Waals surface area contributed by atoms with Crippen molar-refractivity contribution in [2.75, 3.05) is 58.0 Å². The highest BCUT2D eigenvalue weighted by molar-refractivity contribution is 6.33. The molecule has 4 rings (SSSR count). The Hall–Kier alpha value is -3.24. The quantitative estimate of drug-likeness (QED) is 0.304. The van der Waals surface area contributed by atoms with Gasteiger partial charge in [-0.15, -0.1) is 0 Å². The number of carbonyl (C=O) groups excluding carboxylic acids is 1. The Morgan fingerprint density at radius 2 is 2.03 bits per heavy atom. The summed E-state index contributed by atoms with van der Waals surface area (Å²) in [6.45, 7) is 3.22. The highest BCUT2D eigenvalue weighted by Crippen LogP contribution is 2.51. The van der Waals surface area contributed by atoms with Crippen LogP contribution in [0.5, 0.6) is 0 Å². The van der Waals surface area contributed by atoms with Crippen LogP contribution >= 0.6 is 11.6 Å². The average Bonchev–Trinajstić information content (AvgIpc) is 2.79. The lowest BCUT2D eigenvalue weighted by Gasteiger charge is -2.61. The lowest BCUT2D eigenvalue weighted by molar-refractivity contribution is -0.0695. The molecule has 36 heavy (non-hydrogen) atoms. The molecule has 1 aromatic carbocycles. The van der Waals surface area contributed by atoms with Gasteiger partial charge in [0, 0.05) is 59.1 Å². The number of aromatic nitrogens is 1. The smallest absolute Gasteiger partial charge is 0.165 e. The molecule has 1 spiro atoms. The Morgan fingerprint density at radius 1 is 1.31 bits per heavy atom. The van der Waals surface area contributed by atoms with Crippen molar-refractivity contribution < 1.29 is 9.18 Å². The molecule has 0 amide bonds. The number of rotatable bonds is 9. The average molecular weight is 515 g/mol. The van der Waals surface area contributed by atoms with Crippen LogP contribution in [0.2, 0.25) is 5.02 Å². The van der Waals surface area contributed by atoms with Gasteiger partial charge < -0.3 is 20.4 Å². The molecule has 0 bridgehead atoms. The first-order valence-electron chi connectivity index (χ1n) is 11.8. The molecule has 2 aliphatic rings. The molecule has 192 valence electrons. The number of carbonyl (C=O) groups is 1. The van der Waals surface area contributed by atoms with E-state index in [9.17, 15) is 9.18 Å². The second kappa shape index (κ2) is 10.4. The fourth-order valence-electron chi connectivity index (χ4n) is 5.10. The zero-order valence-corrected chi connectivity index (χ0v) is 21.5. The van der Waals surface area contributed by atoms with Crippen molar-refractivity contribution in [2.45, 2.75) is 18.9 Å². The Labute approximate surface area is 215 Å². The zero-order valence-electron chi connectivity index (χ0n) is 20.8. The van der Waals surface area contributed by atoms with Gasteiger partial charge in [0.2, 0.25) is 0 Å². The van der Waals surface area contributed by atoms with Gasteiger partial charge in [-0.2, -0.15) is 0 Å². The zero-order chi connectivity index (χ0) is 26.0. The molecule has 11 heteroatoms. The summed E-state index contributed by atoms with van der Waals surface area (Å²) in [7, 11) is 5.80. The van der Waals surface area contributed by atoms with Crippen molar-refractivity contribution in [2.24, 2.45) is 15.4 Å². The number of aldehydes is 1. The SMILES string of the molecule is CN(C)C=Nc1c(N(C)C2CC3(C2)CN(CCN=c2cc(N)n(C=N)cc2F)C3)ccc(Cl)c1C=O. The standard InChI is InChI=1S/C25H32ClFN8O/c1-32(2)16-31-24-18(12-36)19(26)4-5-22(24)33(3)17-9-25(10-17)13-34(14-25)7-6-30-21-8-23(29)35(15-28)11-20(21)27/h4-5,8,11-12,15-17,28H,6-7,9-10,13-14,29H2,1-3H3. The maximum absolute atomic E-state index is 14.1. The first-order valence-corrected chi connectivity index (χ1v) is 12.2. The van der Waals surface area contributed by atoms with Crippen LogP contribution in [0.1, 0.15) is 23.2 Å². The normalized spacial score (nSPS) is 17.8. The van der Waals surface area contributed by atoms with Gasteiger partial charge in [-0.05, 0) is 30.4 Å². The molecule has 1 saturated heterocycles. The second-order valence-electron chi connectivity index (χ2n) is 9.89. The summed E-state index contributed by atoms with van der Waals surface area (Å²) in [4.78, 5) is 27.0. The first-order chi connectivity index (χ1) is 17.2. The number of likely N-dealkylation sites (tertiary alicyclic amines) is 1. The van der Waals surface area contributed by atoms with Crippen molar-refractivity contribution in [3.05, 3.63) is 46.2 Å². The molecule has 1 aliphatic carbocycles. The number of nitrogen functional groups attached to an aromatic ring is 1. The molecule has 9 nitrogen and oxygen atoms in total. The van der Waals surface area contributed by atoms with Gasteiger partial charge in [-0.3, -0.25) is 19.8 Å². The van der Waals surface area contributed by atoms with E-state index < -0.39 is 5.82 Å². The van der Waals surface area contributed by atoms with Crippen LogP contribution in [0.3, 0.4) is 0 Å². The lowest BCUT2D eigenvalue weighted by Crippen LogP contribution is -2.66. The maximum Gasteiger partial charge on any atom is 0.165 e. The number of nitrogens with zero attached hydrogens (tertiary/aromatic N) is 6. The van der Waals surface area contributed by atoms with Crippen LogP contribution in [0, 0.1) is 16.6 Å². The van der Waals surface area contributed by atoms with Gasteiger partial charge in [-0.1, -0.05) is 11.6 Å². The third kappa shape index (κ3) is 5.15. The monoisotopic (exact) mass is 514 g/mol. The van der Waals surface area contributed by atoms with Gasteiger partial charge in [0.05, 0.1) is 40.9 Å². The summed E-state index contributed by atoms with van der Waals surface area (Å²) in [5.74, 6) is -0.221. The van der Waals surface area contributed by atoms with E-state index in [1.807, 2.05) is 32.1 Å². The Balaban J connectivity index is 1.34. The van der Waals surface area contributed by atoms with Crippen LogP contribution in [0.4, 0.5) is 21.6 Å². The van der Waals surface area contributed by atoms with Crippen LogP contribution in [-0.4, -0.2) is 86.7 Å². The minimum absolute atomic E-state index is 0.219. The van der Waals surface area contributed by atoms with Crippen molar-refractivity contribution in [1.29, 1.82) is 5.41 Å². The third-order valence-corrected chi connectivity index (χ3v) is 7.31. The number of hydrogen-bond donors (Lipinski definition) is 2. The fraction of sp³-hybridized carbons (Fsp3) is 0.440. The minimum Gasteiger partial charge on any atom is -0.385 e. The highest BCUT2D eigenvalue weighted by Gasteiger charge is 2.53. The van der Waals surface area contributed by atoms with Crippen LogP contribution in [-0.2, 0) is 0 Å². The number of benzene rings is 1. The molecule has 1 aromatic heterocycles. The Kier molecular flexibility index (Phi) is 7.46. The molecule has 1 saturated carbocycles. The van der Waals surface area contributed by atoms with E-state index in [0.29, 0.717) is 34.3 Å². The number of pyridine rings is 1. The number of aliphatic imine (C=N–C) groups is 1. The molecule has 2 aromatic rings. The van der Waals surface area contributed by atoms with E-state index in [1.165, 1.54) is 16.8 Å². The third-order valence-electron chi connectivity index (χ3n) is 6.98. The van der Waals surface area contributed by atoms with E-state index in [4.69, 9.17) is 22.7 Å². The van der Waals surface area contributed by atoms with Gasteiger partial charge in [0.15, 0.2) is 12.1 Å². The molecule has 0 atom stereocenters. The molecular formula is C25H32ClFN8O. The topological polar surface area (TPSA) is 106 Å². The van der Waals surface area contributed by atoms with E-state index in [-0.39, 0.29) is 11.2 Å². The summed E-state index contributed by atoms with van der Waals surface area (Å²) in [6, 6.07) is 5.49. The van der Waals surface area contributed by atoms with Gasteiger partial charge >= 0.3 is 0 Å². The summed E-state index contributed by atoms with van der Waals surface area (Å²) < 4.78 is 15.3. The number of halogens is 2. The molecule has 0 unspecified atom stereocenters. The summed E-state index contributed by atoms with van der Waals surface area (Å²) in [5, 5.41) is 7.84. The Bertz CT molecular complexity index is 1240. The number of hydrogen-bond acceptors (Lipinski definition) is 7. The maximum atomic E-state index is 14.1. The van der Waals surface area contributed by atoms with Crippen molar-refractivity contribution >= 4 is 47.8 Å². The molecule has 2 heterocycles. The minimum atomic E-state index is -0.494. The van der Waals surface area contributed by atoms with E-state index in [2.05, 4.69) is 19.8 Å². The van der Waals surface area contributed by atoms with E-state index >= 15 is 0 Å². The molecule has 1 aliphatic heterocycles. The molecule has 2 fully saturated rings. The summed E-state index contributed by atoms with van der Waals surface area (Å²) in [5.41, 5.74) is 7.99. The van der Waals surface area contributed by atoms with Crippen molar-refractivity contribution in [3.8, 4) is 0 Å². The van der Waals surface area contributed by atoms with E-state index in [0.717, 1.165) is 50.8 Å². The first kappa shape index (κ1) is 25.8. The van der Waals surface area contributed by atoms with Crippen molar-refractivity contribution in [3.63, 3.8) is 0 Å². The van der Waals surface area contributed by atoms with Crippen LogP contribution in [0.15, 0.2) is 34.4 Å². The second-order valence-corrected chi connectivity index (χ2v) is 10.3. The number of nitrogens with one attached hydrogen (secondary N) is 1. The van der Waals surface area contributed by atoms with Gasteiger partial charge in [0.25, 0.3) is 0 Å². The Morgan fingerprint density at radius 3 is 2.67 bits per heavy atom. The number of anilines is 2. The predicted molar refractivity (Wildman–Crippen MR) is 142 cm³/mol. The molecule has 0 radical (unpaired) electrons. The van der Waals surface area contributed by atoms with Gasteiger partial charge in [-0.25, -0.2) is 9.38 Å². The van der Waals surface area contributed by atoms with Crippen LogP contribution in [0.25, 0.3) is 0 Å². The van der Waals surface area contributed by atoms with E-state index in [1.54, 1.807) is 12.4 Å². The molecule has 3 N–H and O–H groups in total. The van der Waals surface area contributed by atoms with Gasteiger partial charge in [0.1, 0.15) is 11.5 Å². The van der Waals surface area contributed by atoms with Crippen molar-refractivity contribution in [1.82, 2.24) is 14.4 Å². The lowest BCUT2D eigenvalue weighted by atomic mass is 9.60.